The lowest BCUT2D eigenvalue weighted by atomic mass is 10.1. The van der Waals surface area contributed by atoms with Crippen LogP contribution in [0.5, 0.6) is 0 Å². The molecule has 0 saturated heterocycles. The highest BCUT2D eigenvalue weighted by Crippen LogP contribution is 2.32. The molecular formula is C22H19FN4O. The molecule has 0 radical (unpaired) electrons. The summed E-state index contributed by atoms with van der Waals surface area (Å²) in [6, 6.07) is 14.1. The third-order valence-electron chi connectivity index (χ3n) is 4.61. The molecular weight excluding hydrogens is 355 g/mol. The van der Waals surface area contributed by atoms with Crippen molar-refractivity contribution in [2.75, 3.05) is 16.0 Å². The number of anilines is 3. The van der Waals surface area contributed by atoms with Crippen LogP contribution in [0.15, 0.2) is 67.1 Å². The van der Waals surface area contributed by atoms with Crippen molar-refractivity contribution in [3.63, 3.8) is 0 Å². The first kappa shape index (κ1) is 17.7. The van der Waals surface area contributed by atoms with Crippen LogP contribution in [0.1, 0.15) is 16.7 Å². The van der Waals surface area contributed by atoms with E-state index in [-0.39, 0.29) is 11.7 Å². The largest absolute Gasteiger partial charge is 0.381 e. The Hall–Kier alpha value is -3.67. The van der Waals surface area contributed by atoms with E-state index in [1.54, 1.807) is 24.7 Å². The van der Waals surface area contributed by atoms with Crippen molar-refractivity contribution in [1.29, 1.82) is 0 Å². The quantitative estimate of drug-likeness (QED) is 0.574. The maximum absolute atomic E-state index is 13.5. The minimum atomic E-state index is -0.374. The van der Waals surface area contributed by atoms with E-state index in [9.17, 15) is 9.18 Å². The number of benzene rings is 2. The van der Waals surface area contributed by atoms with Gasteiger partial charge in [-0.1, -0.05) is 0 Å². The molecule has 6 heteroatoms. The molecule has 0 unspecified atom stereocenters. The minimum Gasteiger partial charge on any atom is -0.381 e. The van der Waals surface area contributed by atoms with E-state index in [0.717, 1.165) is 22.5 Å². The van der Waals surface area contributed by atoms with Crippen LogP contribution in [0.3, 0.4) is 0 Å². The van der Waals surface area contributed by atoms with Crippen molar-refractivity contribution >= 4 is 28.5 Å². The molecule has 0 atom stereocenters. The van der Waals surface area contributed by atoms with Gasteiger partial charge < -0.3 is 16.0 Å². The van der Waals surface area contributed by atoms with Gasteiger partial charge in [0.15, 0.2) is 0 Å². The Kier molecular flexibility index (Phi) is 4.76. The Balaban J connectivity index is 1.48. The van der Waals surface area contributed by atoms with Gasteiger partial charge in [-0.15, -0.1) is 0 Å². The Morgan fingerprint density at radius 2 is 1.93 bits per heavy atom. The molecule has 2 aromatic carbocycles. The first-order valence-electron chi connectivity index (χ1n) is 8.91. The Labute approximate surface area is 162 Å². The molecule has 1 aromatic heterocycles. The van der Waals surface area contributed by atoms with Gasteiger partial charge in [-0.3, -0.25) is 9.78 Å². The van der Waals surface area contributed by atoms with Gasteiger partial charge in [0.2, 0.25) is 0 Å². The molecule has 140 valence electrons. The number of carbonyl (C=O) groups is 1. The van der Waals surface area contributed by atoms with Crippen LogP contribution in [-0.4, -0.2) is 10.9 Å². The molecule has 3 N–H and O–H groups in total. The normalized spacial score (nSPS) is 13.9. The van der Waals surface area contributed by atoms with Crippen LogP contribution in [0.4, 0.5) is 21.5 Å². The second kappa shape index (κ2) is 7.52. The molecule has 4 rings (SSSR count). The number of hydrogen-bond donors (Lipinski definition) is 3. The summed E-state index contributed by atoms with van der Waals surface area (Å²) in [5.74, 6) is -0.623. The fourth-order valence-corrected chi connectivity index (χ4v) is 3.11. The van der Waals surface area contributed by atoms with Gasteiger partial charge >= 0.3 is 0 Å². The summed E-state index contributed by atoms with van der Waals surface area (Å²) in [6.45, 7) is 2.73. The van der Waals surface area contributed by atoms with Gasteiger partial charge in [0.25, 0.3) is 5.91 Å². The molecule has 28 heavy (non-hydrogen) atoms. The molecule has 1 aliphatic heterocycles. The predicted molar refractivity (Wildman–Crippen MR) is 109 cm³/mol. The van der Waals surface area contributed by atoms with E-state index in [2.05, 4.69) is 20.9 Å². The average Bonchev–Trinajstić information content (AvgIpc) is 3.01. The summed E-state index contributed by atoms with van der Waals surface area (Å²) in [4.78, 5) is 16.2. The maximum atomic E-state index is 13.5. The third-order valence-corrected chi connectivity index (χ3v) is 4.61. The van der Waals surface area contributed by atoms with Crippen LogP contribution in [0.25, 0.3) is 5.57 Å². The van der Waals surface area contributed by atoms with Crippen LogP contribution in [0.2, 0.25) is 0 Å². The number of fused-ring (bicyclic) bond motifs is 1. The first-order chi connectivity index (χ1) is 13.6. The van der Waals surface area contributed by atoms with Crippen LogP contribution >= 0.6 is 0 Å². The number of aromatic nitrogens is 1. The minimum absolute atomic E-state index is 0.250. The average molecular weight is 374 g/mol. The number of nitrogens with zero attached hydrogens (tertiary/aromatic N) is 1. The van der Waals surface area contributed by atoms with E-state index < -0.39 is 0 Å². The van der Waals surface area contributed by atoms with E-state index in [4.69, 9.17) is 0 Å². The Bertz CT molecular complexity index is 1060. The highest BCUT2D eigenvalue weighted by molar-refractivity contribution is 6.31. The fourth-order valence-electron chi connectivity index (χ4n) is 3.11. The summed E-state index contributed by atoms with van der Waals surface area (Å²) >= 11 is 0. The molecule has 1 aliphatic rings. The van der Waals surface area contributed by atoms with Crippen molar-refractivity contribution < 1.29 is 9.18 Å². The first-order valence-corrected chi connectivity index (χ1v) is 8.91. The summed E-state index contributed by atoms with van der Waals surface area (Å²) in [6.07, 6.45) is 5.15. The van der Waals surface area contributed by atoms with Gasteiger partial charge in [-0.05, 0) is 66.6 Å². The molecule has 0 fully saturated rings. The van der Waals surface area contributed by atoms with Gasteiger partial charge in [-0.25, -0.2) is 4.39 Å². The highest BCUT2D eigenvalue weighted by Gasteiger charge is 2.24. The second-order valence-electron chi connectivity index (χ2n) is 6.59. The van der Waals surface area contributed by atoms with E-state index >= 15 is 0 Å². The molecule has 0 spiro atoms. The molecule has 5 nitrogen and oxygen atoms in total. The molecule has 0 aliphatic carbocycles. The number of rotatable bonds is 5. The smallest absolute Gasteiger partial charge is 0.257 e. The van der Waals surface area contributed by atoms with Crippen molar-refractivity contribution in [3.05, 3.63) is 89.6 Å². The Morgan fingerprint density at radius 3 is 2.71 bits per heavy atom. The number of nitrogens with one attached hydrogen (secondary N) is 3. The number of hydrogen-bond acceptors (Lipinski definition) is 4. The molecule has 1 amide bonds. The number of pyridine rings is 1. The van der Waals surface area contributed by atoms with Crippen molar-refractivity contribution in [2.24, 2.45) is 0 Å². The SMILES string of the molecule is Cc1cc(N/C=C2/C(=O)Nc3ccc(F)cc32)ccc1NCc1ccncc1. The monoisotopic (exact) mass is 374 g/mol. The second-order valence-corrected chi connectivity index (χ2v) is 6.59. The topological polar surface area (TPSA) is 66.1 Å². The zero-order valence-electron chi connectivity index (χ0n) is 15.3. The highest BCUT2D eigenvalue weighted by atomic mass is 19.1. The van der Waals surface area contributed by atoms with Crippen molar-refractivity contribution in [2.45, 2.75) is 13.5 Å². The fraction of sp³-hybridized carbons (Fsp3) is 0.0909. The number of carbonyl (C=O) groups excluding carboxylic acids is 1. The van der Waals surface area contributed by atoms with Crippen LogP contribution in [0, 0.1) is 12.7 Å². The van der Waals surface area contributed by atoms with E-state index in [1.807, 2.05) is 37.3 Å². The van der Waals surface area contributed by atoms with Crippen molar-refractivity contribution in [1.82, 2.24) is 4.98 Å². The standard InChI is InChI=1S/C22H19FN4O/c1-14-10-17(3-5-20(14)26-12-15-6-8-24-9-7-15)25-13-19-18-11-16(23)2-4-21(18)27-22(19)28/h2-11,13,25-26H,12H2,1H3,(H,27,28)/b19-13+. The zero-order valence-corrected chi connectivity index (χ0v) is 15.3. The molecule has 2 heterocycles. The van der Waals surface area contributed by atoms with E-state index in [1.165, 1.54) is 12.1 Å². The molecule has 0 saturated carbocycles. The number of amides is 1. The lowest BCUT2D eigenvalue weighted by Gasteiger charge is -2.11. The zero-order chi connectivity index (χ0) is 19.5. The van der Waals surface area contributed by atoms with Gasteiger partial charge in [-0.2, -0.15) is 0 Å². The number of halogens is 1. The van der Waals surface area contributed by atoms with Crippen LogP contribution < -0.4 is 16.0 Å². The molecule has 3 aromatic rings. The lowest BCUT2D eigenvalue weighted by molar-refractivity contribution is -0.110. The number of aryl methyl sites for hydroxylation is 1. The van der Waals surface area contributed by atoms with Crippen LogP contribution in [-0.2, 0) is 11.3 Å². The lowest BCUT2D eigenvalue weighted by Crippen LogP contribution is -2.05. The summed E-state index contributed by atoms with van der Waals surface area (Å²) in [5, 5.41) is 9.28. The predicted octanol–water partition coefficient (Wildman–Crippen LogP) is 4.55. The summed E-state index contributed by atoms with van der Waals surface area (Å²) in [5.41, 5.74) is 5.68. The summed E-state index contributed by atoms with van der Waals surface area (Å²) < 4.78 is 13.5. The molecule has 0 bridgehead atoms. The summed E-state index contributed by atoms with van der Waals surface area (Å²) in [7, 11) is 0. The van der Waals surface area contributed by atoms with Gasteiger partial charge in [0.1, 0.15) is 5.82 Å². The van der Waals surface area contributed by atoms with Crippen molar-refractivity contribution in [3.8, 4) is 0 Å². The Morgan fingerprint density at radius 1 is 1.11 bits per heavy atom. The third kappa shape index (κ3) is 3.71. The van der Waals surface area contributed by atoms with E-state index in [0.29, 0.717) is 23.4 Å². The maximum Gasteiger partial charge on any atom is 0.257 e. The van der Waals surface area contributed by atoms with Gasteiger partial charge in [0, 0.05) is 47.8 Å². The van der Waals surface area contributed by atoms with Gasteiger partial charge in [0.05, 0.1) is 5.57 Å².